The molecule has 0 radical (unpaired) electrons. The van der Waals surface area contributed by atoms with Crippen LogP contribution >= 0.6 is 0 Å². The molecule has 306 valence electrons. The molecule has 0 saturated heterocycles. The molecular formula is C60H41BN2O2. The largest absolute Gasteiger partial charge is 0.508 e. The molecule has 11 aromatic rings. The Morgan fingerprint density at radius 1 is 0.415 bits per heavy atom. The summed E-state index contributed by atoms with van der Waals surface area (Å²) >= 11 is 0. The number of para-hydroxylation sites is 2. The minimum atomic E-state index is -0.252. The van der Waals surface area contributed by atoms with Gasteiger partial charge in [0.2, 0.25) is 0 Å². The third-order valence-electron chi connectivity index (χ3n) is 16.1. The standard InChI is InChI=1S/C60H41BN2O2/c1-59(2)43-15-7-5-11-37(43)41-29-42-38-13-9-17-47-57(38)62(49(42)30-45(41)59)51-27-34(32-19-23-35(64)24-20-32)28-52-56(51)61(47)48-18-10-14-40-55-50(63(52)58(40)48)31-46-54(53(55)33-21-25-36(65)26-22-33)39-12-6-8-16-44(39)60(46,3)4/h5-31,64-65H,1-4H3. The summed E-state index contributed by atoms with van der Waals surface area (Å²) in [6.45, 7) is 9.47. The Kier molecular flexibility index (Phi) is 6.41. The van der Waals surface area contributed by atoms with Crippen LogP contribution in [0.5, 0.6) is 11.5 Å². The van der Waals surface area contributed by atoms with Crippen LogP contribution in [0.4, 0.5) is 0 Å². The summed E-state index contributed by atoms with van der Waals surface area (Å²) in [5.41, 5.74) is 25.8. The van der Waals surface area contributed by atoms with E-state index in [0.717, 1.165) is 16.7 Å². The van der Waals surface area contributed by atoms with Crippen LogP contribution in [0.2, 0.25) is 0 Å². The second-order valence-electron chi connectivity index (χ2n) is 19.9. The third-order valence-corrected chi connectivity index (χ3v) is 16.1. The lowest BCUT2D eigenvalue weighted by Gasteiger charge is -2.34. The van der Waals surface area contributed by atoms with Crippen molar-refractivity contribution >= 4 is 66.7 Å². The van der Waals surface area contributed by atoms with Crippen LogP contribution in [0.15, 0.2) is 164 Å². The van der Waals surface area contributed by atoms with Gasteiger partial charge in [-0.05, 0) is 138 Å². The Bertz CT molecular complexity index is 4010. The molecule has 0 spiro atoms. The van der Waals surface area contributed by atoms with Gasteiger partial charge in [0.15, 0.2) is 0 Å². The normalized spacial score (nSPS) is 15.1. The van der Waals surface area contributed by atoms with Crippen molar-refractivity contribution in [1.82, 2.24) is 9.13 Å². The second kappa shape index (κ2) is 11.7. The molecule has 2 N–H and O–H groups in total. The summed E-state index contributed by atoms with van der Waals surface area (Å²) in [6.07, 6.45) is 0. The molecule has 4 heterocycles. The zero-order valence-electron chi connectivity index (χ0n) is 36.5. The minimum Gasteiger partial charge on any atom is -0.508 e. The van der Waals surface area contributed by atoms with Gasteiger partial charge in [0.05, 0.1) is 11.0 Å². The highest BCUT2D eigenvalue weighted by atomic mass is 16.3. The number of rotatable bonds is 2. The van der Waals surface area contributed by atoms with Crippen molar-refractivity contribution in [1.29, 1.82) is 0 Å². The van der Waals surface area contributed by atoms with Gasteiger partial charge in [-0.3, -0.25) is 0 Å². The topological polar surface area (TPSA) is 50.3 Å². The van der Waals surface area contributed by atoms with Crippen LogP contribution in [0.1, 0.15) is 49.9 Å². The van der Waals surface area contributed by atoms with Gasteiger partial charge >= 0.3 is 0 Å². The maximum atomic E-state index is 10.6. The molecule has 2 aromatic heterocycles. The average molecular weight is 833 g/mol. The number of phenolic OH excluding ortho intramolecular Hbond substituents is 2. The van der Waals surface area contributed by atoms with Crippen molar-refractivity contribution in [2.45, 2.75) is 38.5 Å². The molecule has 0 fully saturated rings. The lowest BCUT2D eigenvalue weighted by Crippen LogP contribution is -2.59. The van der Waals surface area contributed by atoms with Gasteiger partial charge in [-0.25, -0.2) is 0 Å². The van der Waals surface area contributed by atoms with Crippen molar-refractivity contribution in [2.24, 2.45) is 0 Å². The fourth-order valence-corrected chi connectivity index (χ4v) is 13.2. The van der Waals surface area contributed by atoms with E-state index in [1.165, 1.54) is 121 Å². The van der Waals surface area contributed by atoms with Gasteiger partial charge in [-0.15, -0.1) is 0 Å². The van der Waals surface area contributed by atoms with Crippen LogP contribution in [0.25, 0.3) is 99.5 Å². The molecule has 9 aromatic carbocycles. The molecule has 5 heteroatoms. The number of benzene rings is 9. The highest BCUT2D eigenvalue weighted by Crippen LogP contribution is 2.57. The first-order chi connectivity index (χ1) is 31.6. The maximum Gasteiger partial charge on any atom is 0.252 e. The van der Waals surface area contributed by atoms with E-state index in [9.17, 15) is 10.2 Å². The SMILES string of the molecule is CC1(C)c2ccccc2-c2cc3c4cccc5c4n(c3cc21)-c1cc(-c2ccc(O)cc2)cc2c1B5c1cccc3c4c(-c5ccc(O)cc5)c5c(cc4n-2c13)C(C)(C)c1ccccc1-5. The molecular weight excluding hydrogens is 791 g/mol. The predicted molar refractivity (Wildman–Crippen MR) is 269 cm³/mol. The molecule has 0 bridgehead atoms. The lowest BCUT2D eigenvalue weighted by molar-refractivity contribution is 0.475. The maximum absolute atomic E-state index is 10.6. The van der Waals surface area contributed by atoms with E-state index in [-0.39, 0.29) is 29.0 Å². The average Bonchev–Trinajstić information content (AvgIpc) is 3.98. The van der Waals surface area contributed by atoms with Crippen LogP contribution in [0.3, 0.4) is 0 Å². The van der Waals surface area contributed by atoms with Crippen molar-refractivity contribution < 1.29 is 10.2 Å². The Balaban J connectivity index is 1.13. The number of fused-ring (bicyclic) bond motifs is 16. The van der Waals surface area contributed by atoms with Crippen molar-refractivity contribution in [3.05, 3.63) is 186 Å². The molecule has 2 aliphatic heterocycles. The first kappa shape index (κ1) is 35.7. The number of nitrogens with zero attached hydrogens (tertiary/aromatic N) is 2. The second-order valence-corrected chi connectivity index (χ2v) is 19.9. The van der Waals surface area contributed by atoms with E-state index in [4.69, 9.17) is 0 Å². The smallest absolute Gasteiger partial charge is 0.252 e. The molecule has 65 heavy (non-hydrogen) atoms. The van der Waals surface area contributed by atoms with E-state index >= 15 is 0 Å². The van der Waals surface area contributed by atoms with Gasteiger partial charge in [-0.1, -0.05) is 137 Å². The van der Waals surface area contributed by atoms with Gasteiger partial charge in [-0.2, -0.15) is 0 Å². The van der Waals surface area contributed by atoms with E-state index in [2.05, 4.69) is 164 Å². The summed E-state index contributed by atoms with van der Waals surface area (Å²) in [5.74, 6) is 0.512. The van der Waals surface area contributed by atoms with Crippen molar-refractivity contribution in [3.63, 3.8) is 0 Å². The van der Waals surface area contributed by atoms with Crippen molar-refractivity contribution in [3.8, 4) is 67.4 Å². The highest BCUT2D eigenvalue weighted by Gasteiger charge is 2.44. The van der Waals surface area contributed by atoms with Gasteiger partial charge < -0.3 is 19.3 Å². The van der Waals surface area contributed by atoms with Crippen LogP contribution in [0, 0.1) is 0 Å². The fourth-order valence-electron chi connectivity index (χ4n) is 13.2. The van der Waals surface area contributed by atoms with E-state index in [0.29, 0.717) is 0 Å². The zero-order chi connectivity index (χ0) is 43.4. The summed E-state index contributed by atoms with van der Waals surface area (Å²) in [4.78, 5) is 0. The number of phenols is 2. The number of hydrogen-bond donors (Lipinski definition) is 2. The first-order valence-electron chi connectivity index (χ1n) is 22.8. The summed E-state index contributed by atoms with van der Waals surface area (Å²) in [6, 6.07) is 59.7. The molecule has 0 saturated carbocycles. The van der Waals surface area contributed by atoms with E-state index < -0.39 is 0 Å². The molecule has 2 aliphatic carbocycles. The Labute approximate surface area is 376 Å². The van der Waals surface area contributed by atoms with E-state index in [1.54, 1.807) is 12.1 Å². The summed E-state index contributed by atoms with van der Waals surface area (Å²) in [5, 5.41) is 26.1. The Morgan fingerprint density at radius 2 is 0.969 bits per heavy atom. The molecule has 15 rings (SSSR count). The number of hydrogen-bond acceptors (Lipinski definition) is 2. The quantitative estimate of drug-likeness (QED) is 0.171. The van der Waals surface area contributed by atoms with Crippen LogP contribution < -0.4 is 16.4 Å². The first-order valence-corrected chi connectivity index (χ1v) is 22.8. The van der Waals surface area contributed by atoms with Gasteiger partial charge in [0.1, 0.15) is 11.5 Å². The van der Waals surface area contributed by atoms with Crippen molar-refractivity contribution in [2.75, 3.05) is 0 Å². The number of aromatic nitrogens is 2. The van der Waals surface area contributed by atoms with Crippen LogP contribution in [-0.4, -0.2) is 26.1 Å². The Morgan fingerprint density at radius 3 is 1.66 bits per heavy atom. The van der Waals surface area contributed by atoms with Gasteiger partial charge in [0, 0.05) is 54.8 Å². The minimum absolute atomic E-state index is 0.0139. The van der Waals surface area contributed by atoms with Gasteiger partial charge in [0.25, 0.3) is 6.71 Å². The molecule has 0 unspecified atom stereocenters. The molecule has 0 atom stereocenters. The zero-order valence-corrected chi connectivity index (χ0v) is 36.5. The monoisotopic (exact) mass is 832 g/mol. The highest BCUT2D eigenvalue weighted by molar-refractivity contribution is 7.00. The lowest BCUT2D eigenvalue weighted by atomic mass is 9.34. The molecule has 0 amide bonds. The number of aromatic hydroxyl groups is 2. The van der Waals surface area contributed by atoms with Crippen LogP contribution in [-0.2, 0) is 10.8 Å². The Hall–Kier alpha value is -7.76. The third kappa shape index (κ3) is 4.21. The summed E-state index contributed by atoms with van der Waals surface area (Å²) < 4.78 is 5.19. The summed E-state index contributed by atoms with van der Waals surface area (Å²) in [7, 11) is 0. The van der Waals surface area contributed by atoms with E-state index in [1.807, 2.05) is 24.3 Å². The fraction of sp³-hybridized carbons (Fsp3) is 0.100. The molecule has 4 aliphatic rings. The predicted octanol–water partition coefficient (Wildman–Crippen LogP) is 12.4. The molecule has 4 nitrogen and oxygen atoms in total.